The van der Waals surface area contributed by atoms with Crippen molar-refractivity contribution in [2.24, 2.45) is 0 Å². The number of para-hydroxylation sites is 1. The van der Waals surface area contributed by atoms with Crippen LogP contribution in [0.3, 0.4) is 0 Å². The van der Waals surface area contributed by atoms with Crippen LogP contribution < -0.4 is 11.0 Å². The molecule has 0 aliphatic rings. The van der Waals surface area contributed by atoms with Gasteiger partial charge < -0.3 is 15.4 Å². The van der Waals surface area contributed by atoms with E-state index in [2.05, 4.69) is 10.3 Å². The van der Waals surface area contributed by atoms with E-state index >= 15 is 0 Å². The molecule has 0 spiro atoms. The topological polar surface area (TPSA) is 104 Å². The monoisotopic (exact) mass is 263 g/mol. The minimum absolute atomic E-state index is 0.00235. The number of likely N-dealkylation sites (N-methyl/N-ethyl adjacent to an activating group) is 1. The molecule has 1 heterocycles. The van der Waals surface area contributed by atoms with Crippen molar-refractivity contribution in [3.63, 3.8) is 0 Å². The number of aromatic carboxylic acids is 1. The van der Waals surface area contributed by atoms with Gasteiger partial charge in [0.25, 0.3) is 0 Å². The van der Waals surface area contributed by atoms with Crippen LogP contribution in [0.5, 0.6) is 0 Å². The van der Waals surface area contributed by atoms with Crippen molar-refractivity contribution in [2.45, 2.75) is 13.0 Å². The third-order valence-electron chi connectivity index (χ3n) is 3.00. The van der Waals surface area contributed by atoms with Crippen molar-refractivity contribution < 1.29 is 14.7 Å². The second kappa shape index (κ2) is 4.60. The van der Waals surface area contributed by atoms with E-state index in [1.807, 2.05) is 0 Å². The molecule has 0 bridgehead atoms. The van der Waals surface area contributed by atoms with E-state index in [9.17, 15) is 14.4 Å². The first-order chi connectivity index (χ1) is 8.97. The van der Waals surface area contributed by atoms with E-state index in [-0.39, 0.29) is 17.0 Å². The number of benzene rings is 1. The zero-order chi connectivity index (χ0) is 14.2. The fourth-order valence-electron chi connectivity index (χ4n) is 2.04. The van der Waals surface area contributed by atoms with Crippen molar-refractivity contribution >= 4 is 22.9 Å². The highest BCUT2D eigenvalue weighted by Crippen LogP contribution is 2.18. The molecule has 7 nitrogen and oxygen atoms in total. The molecule has 2 aromatic rings. The van der Waals surface area contributed by atoms with Gasteiger partial charge in [0.15, 0.2) is 0 Å². The summed E-state index contributed by atoms with van der Waals surface area (Å²) in [5, 5.41) is 11.5. The summed E-state index contributed by atoms with van der Waals surface area (Å²) in [6.07, 6.45) is 0. The molecular weight excluding hydrogens is 250 g/mol. The number of carboxylic acid groups (broad SMARTS) is 1. The van der Waals surface area contributed by atoms with E-state index in [1.54, 1.807) is 13.0 Å². The van der Waals surface area contributed by atoms with Crippen LogP contribution >= 0.6 is 0 Å². The Morgan fingerprint density at radius 1 is 1.42 bits per heavy atom. The largest absolute Gasteiger partial charge is 0.478 e. The Morgan fingerprint density at radius 3 is 2.68 bits per heavy atom. The number of carbonyl (C=O) groups is 2. The molecule has 1 amide bonds. The lowest BCUT2D eigenvalue weighted by molar-refractivity contribution is -0.123. The number of hydrogen-bond donors (Lipinski definition) is 3. The lowest BCUT2D eigenvalue weighted by Crippen LogP contribution is -2.32. The van der Waals surface area contributed by atoms with Gasteiger partial charge in [0, 0.05) is 7.05 Å². The average Bonchev–Trinajstić information content (AvgIpc) is 2.72. The van der Waals surface area contributed by atoms with Crippen molar-refractivity contribution in [3.05, 3.63) is 34.2 Å². The SMILES string of the molecule is CNC(=O)C(C)n1c(=O)[nH]c2c(C(=O)O)cccc21. The molecule has 1 aromatic carbocycles. The van der Waals surface area contributed by atoms with Gasteiger partial charge in [-0.25, -0.2) is 9.59 Å². The Balaban J connectivity index is 2.74. The number of carboxylic acids is 1. The molecule has 0 radical (unpaired) electrons. The summed E-state index contributed by atoms with van der Waals surface area (Å²) in [6, 6.07) is 3.80. The standard InChI is InChI=1S/C12H13N3O4/c1-6(10(16)13-2)15-8-5-3-4-7(11(17)18)9(8)14-12(15)19/h3-6H,1-2H3,(H,13,16)(H,14,19)(H,17,18). The first-order valence-electron chi connectivity index (χ1n) is 5.65. The minimum Gasteiger partial charge on any atom is -0.478 e. The van der Waals surface area contributed by atoms with Gasteiger partial charge in [-0.15, -0.1) is 0 Å². The Kier molecular flexibility index (Phi) is 3.12. The first-order valence-corrected chi connectivity index (χ1v) is 5.65. The number of amides is 1. The lowest BCUT2D eigenvalue weighted by Gasteiger charge is -2.11. The molecule has 2 rings (SSSR count). The van der Waals surface area contributed by atoms with E-state index in [0.29, 0.717) is 5.52 Å². The lowest BCUT2D eigenvalue weighted by atomic mass is 10.2. The maximum absolute atomic E-state index is 11.9. The summed E-state index contributed by atoms with van der Waals surface area (Å²) in [5.74, 6) is -1.46. The van der Waals surface area contributed by atoms with Crippen LogP contribution in [0.15, 0.2) is 23.0 Å². The number of H-pyrrole nitrogens is 1. The molecular formula is C12H13N3O4. The van der Waals surface area contributed by atoms with Crippen molar-refractivity contribution in [1.29, 1.82) is 0 Å². The van der Waals surface area contributed by atoms with Crippen LogP contribution in [0.1, 0.15) is 23.3 Å². The van der Waals surface area contributed by atoms with Gasteiger partial charge >= 0.3 is 11.7 Å². The number of hydrogen-bond acceptors (Lipinski definition) is 3. The van der Waals surface area contributed by atoms with Crippen molar-refractivity contribution in [3.8, 4) is 0 Å². The third-order valence-corrected chi connectivity index (χ3v) is 3.00. The summed E-state index contributed by atoms with van der Waals surface area (Å²) in [4.78, 5) is 37.1. The second-order valence-electron chi connectivity index (χ2n) is 4.10. The summed E-state index contributed by atoms with van der Waals surface area (Å²) >= 11 is 0. The maximum atomic E-state index is 11.9. The molecule has 0 saturated carbocycles. The molecule has 1 unspecified atom stereocenters. The quantitative estimate of drug-likeness (QED) is 0.742. The van der Waals surface area contributed by atoms with E-state index in [1.165, 1.54) is 23.7 Å². The molecule has 1 atom stereocenters. The highest BCUT2D eigenvalue weighted by Gasteiger charge is 2.21. The van der Waals surface area contributed by atoms with Gasteiger partial charge in [0.1, 0.15) is 6.04 Å². The highest BCUT2D eigenvalue weighted by atomic mass is 16.4. The minimum atomic E-state index is -1.13. The van der Waals surface area contributed by atoms with Crippen molar-refractivity contribution in [2.75, 3.05) is 7.05 Å². The number of nitrogens with zero attached hydrogens (tertiary/aromatic N) is 1. The molecule has 0 aliphatic carbocycles. The number of aromatic amines is 1. The normalized spacial score (nSPS) is 12.3. The van der Waals surface area contributed by atoms with Gasteiger partial charge in [-0.3, -0.25) is 9.36 Å². The van der Waals surface area contributed by atoms with Crippen LogP contribution in [0.25, 0.3) is 11.0 Å². The number of fused-ring (bicyclic) bond motifs is 1. The van der Waals surface area contributed by atoms with E-state index < -0.39 is 17.7 Å². The molecule has 3 N–H and O–H groups in total. The highest BCUT2D eigenvalue weighted by molar-refractivity contribution is 6.01. The van der Waals surface area contributed by atoms with Gasteiger partial charge in [0.2, 0.25) is 5.91 Å². The fraction of sp³-hybridized carbons (Fsp3) is 0.250. The van der Waals surface area contributed by atoms with Crippen LogP contribution in [0, 0.1) is 0 Å². The first kappa shape index (κ1) is 12.9. The molecule has 1 aromatic heterocycles. The van der Waals surface area contributed by atoms with E-state index in [4.69, 9.17) is 5.11 Å². The van der Waals surface area contributed by atoms with Crippen molar-refractivity contribution in [1.82, 2.24) is 14.9 Å². The van der Waals surface area contributed by atoms with Gasteiger partial charge in [-0.1, -0.05) is 6.07 Å². The Morgan fingerprint density at radius 2 is 2.11 bits per heavy atom. The maximum Gasteiger partial charge on any atom is 0.337 e. The number of carbonyl (C=O) groups excluding carboxylic acids is 1. The van der Waals surface area contributed by atoms with Crippen LogP contribution in [0.4, 0.5) is 0 Å². The van der Waals surface area contributed by atoms with Crippen LogP contribution in [-0.2, 0) is 4.79 Å². The number of rotatable bonds is 3. The molecule has 0 fully saturated rings. The van der Waals surface area contributed by atoms with Crippen LogP contribution in [0.2, 0.25) is 0 Å². The van der Waals surface area contributed by atoms with Crippen LogP contribution in [-0.4, -0.2) is 33.6 Å². The second-order valence-corrected chi connectivity index (χ2v) is 4.10. The Labute approximate surface area is 107 Å². The summed E-state index contributed by atoms with van der Waals surface area (Å²) < 4.78 is 1.24. The number of nitrogens with one attached hydrogen (secondary N) is 2. The van der Waals surface area contributed by atoms with E-state index in [0.717, 1.165) is 0 Å². The van der Waals surface area contributed by atoms with Gasteiger partial charge in [-0.05, 0) is 19.1 Å². The summed E-state index contributed by atoms with van der Waals surface area (Å²) in [6.45, 7) is 1.57. The predicted molar refractivity (Wildman–Crippen MR) is 68.3 cm³/mol. The Hall–Kier alpha value is -2.57. The average molecular weight is 263 g/mol. The predicted octanol–water partition coefficient (Wildman–Crippen LogP) is 0.335. The Bertz CT molecular complexity index is 713. The zero-order valence-corrected chi connectivity index (χ0v) is 10.4. The number of aromatic nitrogens is 2. The molecule has 100 valence electrons. The smallest absolute Gasteiger partial charge is 0.337 e. The molecule has 19 heavy (non-hydrogen) atoms. The van der Waals surface area contributed by atoms with Gasteiger partial charge in [0.05, 0.1) is 16.6 Å². The third kappa shape index (κ3) is 1.99. The fourth-order valence-corrected chi connectivity index (χ4v) is 2.04. The number of imidazole rings is 1. The summed E-state index contributed by atoms with van der Waals surface area (Å²) in [5.41, 5.74) is 0.0917. The zero-order valence-electron chi connectivity index (χ0n) is 10.4. The summed E-state index contributed by atoms with van der Waals surface area (Å²) in [7, 11) is 1.47. The molecule has 0 aliphatic heterocycles. The molecule has 0 saturated heterocycles. The molecule has 7 heteroatoms. The van der Waals surface area contributed by atoms with Gasteiger partial charge in [-0.2, -0.15) is 0 Å².